The van der Waals surface area contributed by atoms with Gasteiger partial charge in [-0.05, 0) is 12.5 Å². The normalized spacial score (nSPS) is 24.0. The zero-order valence-electron chi connectivity index (χ0n) is 10.9. The third kappa shape index (κ3) is 2.89. The summed E-state index contributed by atoms with van der Waals surface area (Å²) < 4.78 is 4.96. The van der Waals surface area contributed by atoms with E-state index >= 15 is 0 Å². The summed E-state index contributed by atoms with van der Waals surface area (Å²) >= 11 is 0. The first kappa shape index (κ1) is 13.1. The lowest BCUT2D eigenvalue weighted by Gasteiger charge is -2.39. The fourth-order valence-electron chi connectivity index (χ4n) is 2.36. The molecular weight excluding hydrogens is 228 g/mol. The average molecular weight is 248 g/mol. The number of carbonyl (C=O) groups is 1. The van der Waals surface area contributed by atoms with Crippen LogP contribution in [0, 0.1) is 0 Å². The van der Waals surface area contributed by atoms with Crippen LogP contribution >= 0.6 is 0 Å². The van der Waals surface area contributed by atoms with Gasteiger partial charge in [-0.25, -0.2) is 0 Å². The van der Waals surface area contributed by atoms with Crippen LogP contribution in [0.5, 0.6) is 0 Å². The molecule has 0 radical (unpaired) electrons. The second-order valence-corrected chi connectivity index (χ2v) is 4.71. The quantitative estimate of drug-likeness (QED) is 0.873. The maximum Gasteiger partial charge on any atom is 0.249 e. The monoisotopic (exact) mass is 248 g/mol. The van der Waals surface area contributed by atoms with E-state index in [1.807, 2.05) is 23.1 Å². The molecule has 0 bridgehead atoms. The number of amides is 1. The second kappa shape index (κ2) is 5.98. The zero-order chi connectivity index (χ0) is 13.0. The van der Waals surface area contributed by atoms with E-state index in [1.54, 1.807) is 7.11 Å². The van der Waals surface area contributed by atoms with E-state index in [2.05, 4.69) is 24.4 Å². The number of ether oxygens (including phenoxy) is 1. The van der Waals surface area contributed by atoms with Crippen molar-refractivity contribution in [3.63, 3.8) is 0 Å². The number of carbonyl (C=O) groups excluding carboxylic acids is 1. The molecule has 4 nitrogen and oxygen atoms in total. The molecule has 1 aromatic carbocycles. The number of nitrogens with zero attached hydrogens (tertiary/aromatic N) is 1. The summed E-state index contributed by atoms with van der Waals surface area (Å²) in [6, 6.07) is 10.6. The van der Waals surface area contributed by atoms with Gasteiger partial charge in [0.05, 0.1) is 6.04 Å². The molecule has 1 fully saturated rings. The molecule has 1 N–H and O–H groups in total. The Labute approximate surface area is 108 Å². The molecule has 1 aliphatic rings. The fraction of sp³-hybridized carbons (Fsp3) is 0.500. The molecule has 1 aliphatic heterocycles. The van der Waals surface area contributed by atoms with Gasteiger partial charge < -0.3 is 15.0 Å². The Morgan fingerprint density at radius 1 is 1.44 bits per heavy atom. The van der Waals surface area contributed by atoms with Crippen molar-refractivity contribution in [2.45, 2.75) is 19.0 Å². The number of rotatable bonds is 3. The van der Waals surface area contributed by atoms with Crippen molar-refractivity contribution in [2.75, 3.05) is 26.8 Å². The van der Waals surface area contributed by atoms with Crippen molar-refractivity contribution in [1.29, 1.82) is 0 Å². The predicted octanol–water partition coefficient (Wildman–Crippen LogP) is 1.19. The minimum absolute atomic E-state index is 0.0553. The van der Waals surface area contributed by atoms with Gasteiger partial charge in [0.1, 0.15) is 6.61 Å². The van der Waals surface area contributed by atoms with Crippen molar-refractivity contribution >= 4 is 5.91 Å². The van der Waals surface area contributed by atoms with Crippen molar-refractivity contribution < 1.29 is 9.53 Å². The molecule has 1 saturated heterocycles. The zero-order valence-corrected chi connectivity index (χ0v) is 10.9. The van der Waals surface area contributed by atoms with E-state index in [4.69, 9.17) is 4.74 Å². The van der Waals surface area contributed by atoms with E-state index in [9.17, 15) is 4.79 Å². The van der Waals surface area contributed by atoms with Crippen LogP contribution in [0.25, 0.3) is 0 Å². The third-order valence-corrected chi connectivity index (χ3v) is 3.28. The minimum atomic E-state index is 0.0553. The SMILES string of the molecule is COCC(=O)N1CC(C)NCC1c1ccccc1. The summed E-state index contributed by atoms with van der Waals surface area (Å²) in [5, 5.41) is 3.42. The molecule has 98 valence electrons. The van der Waals surface area contributed by atoms with E-state index in [1.165, 1.54) is 5.56 Å². The van der Waals surface area contributed by atoms with E-state index in [0.29, 0.717) is 6.04 Å². The van der Waals surface area contributed by atoms with Crippen molar-refractivity contribution in [1.82, 2.24) is 10.2 Å². The average Bonchev–Trinajstić information content (AvgIpc) is 2.40. The first-order chi connectivity index (χ1) is 8.72. The maximum absolute atomic E-state index is 12.1. The molecule has 0 aromatic heterocycles. The largest absolute Gasteiger partial charge is 0.375 e. The van der Waals surface area contributed by atoms with Crippen LogP contribution in [-0.4, -0.2) is 43.7 Å². The maximum atomic E-state index is 12.1. The highest BCUT2D eigenvalue weighted by Gasteiger charge is 2.30. The smallest absolute Gasteiger partial charge is 0.249 e. The third-order valence-electron chi connectivity index (χ3n) is 3.28. The Morgan fingerprint density at radius 2 is 2.17 bits per heavy atom. The molecule has 1 heterocycles. The molecule has 0 aliphatic carbocycles. The molecule has 0 saturated carbocycles. The summed E-state index contributed by atoms with van der Waals surface area (Å²) in [6.07, 6.45) is 0. The lowest BCUT2D eigenvalue weighted by molar-refractivity contribution is -0.139. The lowest BCUT2D eigenvalue weighted by atomic mass is 10.0. The summed E-state index contributed by atoms with van der Waals surface area (Å²) in [6.45, 7) is 3.76. The first-order valence-corrected chi connectivity index (χ1v) is 6.29. The van der Waals surface area contributed by atoms with Gasteiger partial charge in [0.25, 0.3) is 0 Å². The Bertz CT molecular complexity index is 394. The Balaban J connectivity index is 2.18. The van der Waals surface area contributed by atoms with Gasteiger partial charge in [0, 0.05) is 26.2 Å². The van der Waals surface area contributed by atoms with Crippen molar-refractivity contribution in [2.24, 2.45) is 0 Å². The molecule has 4 heteroatoms. The molecule has 18 heavy (non-hydrogen) atoms. The first-order valence-electron chi connectivity index (χ1n) is 6.29. The highest BCUT2D eigenvalue weighted by Crippen LogP contribution is 2.23. The number of nitrogens with one attached hydrogen (secondary N) is 1. The molecule has 2 unspecified atom stereocenters. The predicted molar refractivity (Wildman–Crippen MR) is 70.2 cm³/mol. The molecule has 1 amide bonds. The topological polar surface area (TPSA) is 41.6 Å². The molecule has 0 spiro atoms. The fourth-order valence-corrected chi connectivity index (χ4v) is 2.36. The number of piperazine rings is 1. The molecule has 1 aromatic rings. The summed E-state index contributed by atoms with van der Waals surface area (Å²) in [5.74, 6) is 0.0553. The highest BCUT2D eigenvalue weighted by atomic mass is 16.5. The van der Waals surface area contributed by atoms with Crippen LogP contribution in [0.4, 0.5) is 0 Å². The van der Waals surface area contributed by atoms with Gasteiger partial charge in [0.2, 0.25) is 5.91 Å². The van der Waals surface area contributed by atoms with Crippen LogP contribution in [0.3, 0.4) is 0 Å². The summed E-state index contributed by atoms with van der Waals surface area (Å²) in [7, 11) is 1.56. The number of benzene rings is 1. The number of hydrogen-bond acceptors (Lipinski definition) is 3. The van der Waals surface area contributed by atoms with Crippen molar-refractivity contribution in [3.8, 4) is 0 Å². The molecule has 2 atom stereocenters. The summed E-state index contributed by atoms with van der Waals surface area (Å²) in [4.78, 5) is 14.0. The molecule has 2 rings (SSSR count). The van der Waals surface area contributed by atoms with E-state index in [0.717, 1.165) is 13.1 Å². The Hall–Kier alpha value is -1.39. The second-order valence-electron chi connectivity index (χ2n) is 4.71. The van der Waals surface area contributed by atoms with Gasteiger partial charge in [-0.2, -0.15) is 0 Å². The van der Waals surface area contributed by atoms with Crippen LogP contribution in [0.1, 0.15) is 18.5 Å². The lowest BCUT2D eigenvalue weighted by Crippen LogP contribution is -2.53. The van der Waals surface area contributed by atoms with Gasteiger partial charge in [-0.1, -0.05) is 30.3 Å². The van der Waals surface area contributed by atoms with Crippen LogP contribution in [0.15, 0.2) is 30.3 Å². The number of methoxy groups -OCH3 is 1. The standard InChI is InChI=1S/C14H20N2O2/c1-11-9-16(14(17)10-18-2)13(8-15-11)12-6-4-3-5-7-12/h3-7,11,13,15H,8-10H2,1-2H3. The van der Waals surface area contributed by atoms with E-state index in [-0.39, 0.29) is 18.6 Å². The Morgan fingerprint density at radius 3 is 2.83 bits per heavy atom. The van der Waals surface area contributed by atoms with Gasteiger partial charge >= 0.3 is 0 Å². The Kier molecular flexibility index (Phi) is 4.33. The highest BCUT2D eigenvalue weighted by molar-refractivity contribution is 5.78. The summed E-state index contributed by atoms with van der Waals surface area (Å²) in [5.41, 5.74) is 1.17. The van der Waals surface area contributed by atoms with Crippen LogP contribution < -0.4 is 5.32 Å². The number of hydrogen-bond donors (Lipinski definition) is 1. The van der Waals surface area contributed by atoms with Crippen LogP contribution in [-0.2, 0) is 9.53 Å². The minimum Gasteiger partial charge on any atom is -0.375 e. The molecular formula is C14H20N2O2. The van der Waals surface area contributed by atoms with Gasteiger partial charge in [-0.3, -0.25) is 4.79 Å². The van der Waals surface area contributed by atoms with Crippen molar-refractivity contribution in [3.05, 3.63) is 35.9 Å². The van der Waals surface area contributed by atoms with Crippen LogP contribution in [0.2, 0.25) is 0 Å². The van der Waals surface area contributed by atoms with Gasteiger partial charge in [0.15, 0.2) is 0 Å². The van der Waals surface area contributed by atoms with Gasteiger partial charge in [-0.15, -0.1) is 0 Å². The van der Waals surface area contributed by atoms with E-state index < -0.39 is 0 Å².